The zero-order chi connectivity index (χ0) is 17.0. The molecule has 2 aromatic rings. The third-order valence-electron chi connectivity index (χ3n) is 5.76. The minimum absolute atomic E-state index is 0.185. The van der Waals surface area contributed by atoms with Crippen molar-refractivity contribution in [2.75, 3.05) is 18.0 Å². The molecule has 2 atom stereocenters. The van der Waals surface area contributed by atoms with Gasteiger partial charge in [-0.05, 0) is 50.1 Å². The minimum atomic E-state index is -0.185. The van der Waals surface area contributed by atoms with Crippen LogP contribution in [0.1, 0.15) is 44.6 Å². The number of hydrogen-bond donors (Lipinski definition) is 1. The first kappa shape index (κ1) is 15.8. The number of hydrogen-bond acceptors (Lipinski definition) is 6. The molecular formula is C17H22ClN5O2. The van der Waals surface area contributed by atoms with Gasteiger partial charge in [-0.25, -0.2) is 4.68 Å². The van der Waals surface area contributed by atoms with Crippen LogP contribution >= 0.6 is 11.6 Å². The maximum atomic E-state index is 9.76. The number of ether oxygens (including phenoxy) is 1. The fourth-order valence-corrected chi connectivity index (χ4v) is 4.64. The number of nitrogens with zero attached hydrogens (tertiary/aromatic N) is 5. The number of halogens is 1. The molecule has 3 aliphatic rings. The van der Waals surface area contributed by atoms with Gasteiger partial charge in [0, 0.05) is 13.1 Å². The lowest BCUT2D eigenvalue weighted by Crippen LogP contribution is -2.43. The SMILES string of the molecule is OC1CCC(n2ncc3c(N4CC5CCC(C4)O5)nc(Cl)nc32)CC1. The molecule has 2 aromatic heterocycles. The van der Waals surface area contributed by atoms with Crippen LogP contribution in [-0.4, -0.2) is 56.3 Å². The number of aliphatic hydroxyl groups is 1. The summed E-state index contributed by atoms with van der Waals surface area (Å²) in [5.74, 6) is 0.872. The van der Waals surface area contributed by atoms with E-state index in [4.69, 9.17) is 16.3 Å². The maximum absolute atomic E-state index is 9.76. The lowest BCUT2D eigenvalue weighted by Gasteiger charge is -2.33. The fourth-order valence-electron chi connectivity index (χ4n) is 4.48. The van der Waals surface area contributed by atoms with Crippen LogP contribution in [0.3, 0.4) is 0 Å². The van der Waals surface area contributed by atoms with Crippen LogP contribution in [0.5, 0.6) is 0 Å². The lowest BCUT2D eigenvalue weighted by atomic mass is 9.93. The molecule has 5 rings (SSSR count). The van der Waals surface area contributed by atoms with Crippen molar-refractivity contribution < 1.29 is 9.84 Å². The van der Waals surface area contributed by atoms with Crippen molar-refractivity contribution in [3.63, 3.8) is 0 Å². The molecule has 25 heavy (non-hydrogen) atoms. The average Bonchev–Trinajstić information content (AvgIpc) is 3.17. The average molecular weight is 364 g/mol. The van der Waals surface area contributed by atoms with Crippen LogP contribution in [0.25, 0.3) is 11.0 Å². The highest BCUT2D eigenvalue weighted by Crippen LogP contribution is 2.35. The van der Waals surface area contributed by atoms with Gasteiger partial charge in [0.15, 0.2) is 5.65 Å². The third-order valence-corrected chi connectivity index (χ3v) is 5.93. The Morgan fingerprint density at radius 3 is 2.48 bits per heavy atom. The summed E-state index contributed by atoms with van der Waals surface area (Å²) in [5.41, 5.74) is 0.801. The number of rotatable bonds is 2. The summed E-state index contributed by atoms with van der Waals surface area (Å²) in [6, 6.07) is 0.264. The Labute approximate surface area is 150 Å². The fraction of sp³-hybridized carbons (Fsp3) is 0.706. The van der Waals surface area contributed by atoms with E-state index in [1.54, 1.807) is 0 Å². The molecule has 0 radical (unpaired) electrons. The van der Waals surface area contributed by atoms with Gasteiger partial charge in [-0.3, -0.25) is 0 Å². The number of aliphatic hydroxyl groups excluding tert-OH is 1. The predicted molar refractivity (Wildman–Crippen MR) is 94.0 cm³/mol. The molecule has 2 saturated heterocycles. The summed E-state index contributed by atoms with van der Waals surface area (Å²) in [7, 11) is 0. The molecule has 3 fully saturated rings. The zero-order valence-electron chi connectivity index (χ0n) is 14.0. The Morgan fingerprint density at radius 1 is 1.04 bits per heavy atom. The first-order chi connectivity index (χ1) is 12.2. The van der Waals surface area contributed by atoms with Crippen LogP contribution in [0.15, 0.2) is 6.20 Å². The van der Waals surface area contributed by atoms with E-state index in [0.29, 0.717) is 0 Å². The smallest absolute Gasteiger partial charge is 0.226 e. The van der Waals surface area contributed by atoms with Gasteiger partial charge in [0.2, 0.25) is 5.28 Å². The van der Waals surface area contributed by atoms with Gasteiger partial charge in [-0.15, -0.1) is 0 Å². The molecule has 8 heteroatoms. The summed E-state index contributed by atoms with van der Waals surface area (Å²) < 4.78 is 7.92. The second-order valence-electron chi connectivity index (χ2n) is 7.47. The van der Waals surface area contributed by atoms with Crippen LogP contribution < -0.4 is 4.90 Å². The van der Waals surface area contributed by atoms with Gasteiger partial charge in [-0.1, -0.05) is 0 Å². The number of anilines is 1. The van der Waals surface area contributed by atoms with Crippen molar-refractivity contribution in [1.29, 1.82) is 0 Å². The Balaban J connectivity index is 1.52. The van der Waals surface area contributed by atoms with E-state index < -0.39 is 0 Å². The standard InChI is InChI=1S/C17H22ClN5O2/c18-17-20-15(22-8-12-5-6-13(9-22)25-12)14-7-19-23(16(14)21-17)10-1-3-11(24)4-2-10/h7,10-13,24H,1-6,8-9H2. The minimum Gasteiger partial charge on any atom is -0.393 e. The van der Waals surface area contributed by atoms with Crippen LogP contribution in [0.4, 0.5) is 5.82 Å². The summed E-state index contributed by atoms with van der Waals surface area (Å²) in [6.07, 6.45) is 7.94. The third kappa shape index (κ3) is 2.78. The van der Waals surface area contributed by atoms with Gasteiger partial charge >= 0.3 is 0 Å². The molecular weight excluding hydrogens is 342 g/mol. The molecule has 4 heterocycles. The topological polar surface area (TPSA) is 76.3 Å². The maximum Gasteiger partial charge on any atom is 0.226 e. The zero-order valence-corrected chi connectivity index (χ0v) is 14.8. The Kier molecular flexibility index (Phi) is 3.83. The highest BCUT2D eigenvalue weighted by Gasteiger charge is 2.35. The predicted octanol–water partition coefficient (Wildman–Crippen LogP) is 2.32. The van der Waals surface area contributed by atoms with E-state index in [-0.39, 0.29) is 29.6 Å². The first-order valence-electron chi connectivity index (χ1n) is 9.16. The van der Waals surface area contributed by atoms with Gasteiger partial charge in [0.1, 0.15) is 5.82 Å². The van der Waals surface area contributed by atoms with E-state index in [1.807, 2.05) is 10.9 Å². The number of fused-ring (bicyclic) bond motifs is 3. The second-order valence-corrected chi connectivity index (χ2v) is 7.81. The van der Waals surface area contributed by atoms with Crippen molar-refractivity contribution >= 4 is 28.5 Å². The molecule has 1 saturated carbocycles. The van der Waals surface area contributed by atoms with Gasteiger partial charge < -0.3 is 14.7 Å². The normalized spacial score (nSPS) is 32.5. The van der Waals surface area contributed by atoms with Gasteiger partial charge in [-0.2, -0.15) is 15.1 Å². The van der Waals surface area contributed by atoms with E-state index in [0.717, 1.165) is 68.5 Å². The Morgan fingerprint density at radius 2 is 1.76 bits per heavy atom. The van der Waals surface area contributed by atoms with E-state index in [1.165, 1.54) is 0 Å². The van der Waals surface area contributed by atoms with Crippen molar-refractivity contribution in [1.82, 2.24) is 19.7 Å². The van der Waals surface area contributed by atoms with Crippen LogP contribution in [-0.2, 0) is 4.74 Å². The first-order valence-corrected chi connectivity index (χ1v) is 9.54. The van der Waals surface area contributed by atoms with Crippen LogP contribution in [0.2, 0.25) is 5.28 Å². The van der Waals surface area contributed by atoms with Crippen molar-refractivity contribution in [3.05, 3.63) is 11.5 Å². The molecule has 2 bridgehead atoms. The highest BCUT2D eigenvalue weighted by molar-refractivity contribution is 6.28. The summed E-state index contributed by atoms with van der Waals surface area (Å²) in [5, 5.41) is 15.6. The molecule has 2 aliphatic heterocycles. The Bertz CT molecular complexity index is 777. The van der Waals surface area contributed by atoms with Gasteiger partial charge in [0.05, 0.1) is 35.9 Å². The molecule has 134 valence electrons. The van der Waals surface area contributed by atoms with Crippen LogP contribution in [0, 0.1) is 0 Å². The van der Waals surface area contributed by atoms with Crippen molar-refractivity contribution in [3.8, 4) is 0 Å². The molecule has 7 nitrogen and oxygen atoms in total. The molecule has 0 aromatic carbocycles. The summed E-state index contributed by atoms with van der Waals surface area (Å²) in [6.45, 7) is 1.69. The summed E-state index contributed by atoms with van der Waals surface area (Å²) >= 11 is 6.26. The highest BCUT2D eigenvalue weighted by atomic mass is 35.5. The van der Waals surface area contributed by atoms with Crippen molar-refractivity contribution in [2.24, 2.45) is 0 Å². The van der Waals surface area contributed by atoms with E-state index in [9.17, 15) is 5.11 Å². The van der Waals surface area contributed by atoms with Crippen molar-refractivity contribution in [2.45, 2.75) is 62.9 Å². The van der Waals surface area contributed by atoms with E-state index >= 15 is 0 Å². The molecule has 1 N–H and O–H groups in total. The Hall–Kier alpha value is -1.44. The van der Waals surface area contributed by atoms with E-state index in [2.05, 4.69) is 20.0 Å². The quantitative estimate of drug-likeness (QED) is 0.825. The molecule has 0 amide bonds. The molecule has 1 aliphatic carbocycles. The lowest BCUT2D eigenvalue weighted by molar-refractivity contribution is 0.0303. The second kappa shape index (κ2) is 6.07. The molecule has 2 unspecified atom stereocenters. The molecule has 0 spiro atoms. The number of morpholine rings is 1. The largest absolute Gasteiger partial charge is 0.393 e. The number of aromatic nitrogens is 4. The van der Waals surface area contributed by atoms with Gasteiger partial charge in [0.25, 0.3) is 0 Å². The summed E-state index contributed by atoms with van der Waals surface area (Å²) in [4.78, 5) is 11.3. The monoisotopic (exact) mass is 363 g/mol.